The fourth-order valence-corrected chi connectivity index (χ4v) is 3.34. The Kier molecular flexibility index (Phi) is 5.00. The number of hydrogen-bond acceptors (Lipinski definition) is 2. The minimum Gasteiger partial charge on any atom is -0.375 e. The van der Waals surface area contributed by atoms with Gasteiger partial charge in [-0.25, -0.2) is 0 Å². The van der Waals surface area contributed by atoms with Crippen molar-refractivity contribution in [2.75, 3.05) is 7.11 Å². The zero-order valence-electron chi connectivity index (χ0n) is 12.4. The second kappa shape index (κ2) is 6.53. The highest BCUT2D eigenvalue weighted by atomic mass is 16.5. The molecule has 19 heavy (non-hydrogen) atoms. The summed E-state index contributed by atoms with van der Waals surface area (Å²) in [7, 11) is 1.77. The van der Waals surface area contributed by atoms with E-state index in [1.807, 2.05) is 6.07 Å². The van der Waals surface area contributed by atoms with Gasteiger partial charge >= 0.3 is 0 Å². The van der Waals surface area contributed by atoms with E-state index in [1.165, 1.54) is 24.8 Å². The molecule has 0 bridgehead atoms. The Morgan fingerprint density at radius 2 is 1.79 bits per heavy atom. The van der Waals surface area contributed by atoms with E-state index in [9.17, 15) is 0 Å². The number of benzene rings is 1. The van der Waals surface area contributed by atoms with Gasteiger partial charge in [-0.05, 0) is 36.2 Å². The highest BCUT2D eigenvalue weighted by Gasteiger charge is 2.33. The first kappa shape index (κ1) is 14.5. The van der Waals surface area contributed by atoms with Crippen LogP contribution in [0, 0.1) is 17.8 Å². The summed E-state index contributed by atoms with van der Waals surface area (Å²) in [6, 6.07) is 10.5. The van der Waals surface area contributed by atoms with Crippen LogP contribution >= 0.6 is 0 Å². The van der Waals surface area contributed by atoms with Gasteiger partial charge in [-0.3, -0.25) is 0 Å². The number of methoxy groups -OCH3 is 1. The van der Waals surface area contributed by atoms with Crippen LogP contribution in [0.2, 0.25) is 0 Å². The molecule has 0 spiro atoms. The lowest BCUT2D eigenvalue weighted by atomic mass is 9.72. The second-order valence-corrected chi connectivity index (χ2v) is 6.17. The van der Waals surface area contributed by atoms with E-state index in [0.29, 0.717) is 5.92 Å². The summed E-state index contributed by atoms with van der Waals surface area (Å²) in [5.74, 6) is 2.19. The molecule has 5 unspecified atom stereocenters. The van der Waals surface area contributed by atoms with Crippen molar-refractivity contribution in [3.05, 3.63) is 35.9 Å². The van der Waals surface area contributed by atoms with Crippen molar-refractivity contribution in [2.24, 2.45) is 23.5 Å². The average molecular weight is 261 g/mol. The highest BCUT2D eigenvalue weighted by molar-refractivity contribution is 5.19. The second-order valence-electron chi connectivity index (χ2n) is 6.17. The molecule has 2 N–H and O–H groups in total. The lowest BCUT2D eigenvalue weighted by Crippen LogP contribution is -2.40. The maximum Gasteiger partial charge on any atom is 0.0974 e. The quantitative estimate of drug-likeness (QED) is 0.895. The Labute approximate surface area is 117 Å². The molecule has 1 aromatic carbocycles. The number of ether oxygens (including phenoxy) is 1. The van der Waals surface area contributed by atoms with Gasteiger partial charge in [0.2, 0.25) is 0 Å². The SMILES string of the molecule is COC(c1ccccc1)C(N)C1CCC(C)C(C)C1. The van der Waals surface area contributed by atoms with Gasteiger partial charge in [-0.15, -0.1) is 0 Å². The van der Waals surface area contributed by atoms with Crippen molar-refractivity contribution >= 4 is 0 Å². The molecule has 0 aliphatic heterocycles. The predicted octanol–water partition coefficient (Wildman–Crippen LogP) is 3.77. The third kappa shape index (κ3) is 3.37. The lowest BCUT2D eigenvalue weighted by molar-refractivity contribution is 0.0426. The van der Waals surface area contributed by atoms with E-state index in [1.54, 1.807) is 7.11 Å². The smallest absolute Gasteiger partial charge is 0.0974 e. The molecule has 1 aliphatic carbocycles. The molecule has 2 nitrogen and oxygen atoms in total. The molecule has 1 aliphatic rings. The van der Waals surface area contributed by atoms with Crippen LogP contribution in [0.25, 0.3) is 0 Å². The highest BCUT2D eigenvalue weighted by Crippen LogP contribution is 2.38. The first-order chi connectivity index (χ1) is 9.13. The molecule has 0 radical (unpaired) electrons. The Morgan fingerprint density at radius 3 is 2.37 bits per heavy atom. The summed E-state index contributed by atoms with van der Waals surface area (Å²) in [5.41, 5.74) is 7.72. The van der Waals surface area contributed by atoms with E-state index in [2.05, 4.69) is 38.1 Å². The third-order valence-electron chi connectivity index (χ3n) is 4.91. The van der Waals surface area contributed by atoms with Crippen LogP contribution in [0.4, 0.5) is 0 Å². The average Bonchev–Trinajstić information content (AvgIpc) is 2.44. The number of nitrogens with two attached hydrogens (primary N) is 1. The molecular weight excluding hydrogens is 234 g/mol. The molecule has 1 fully saturated rings. The fraction of sp³-hybridized carbons (Fsp3) is 0.647. The number of rotatable bonds is 4. The molecule has 0 saturated heterocycles. The van der Waals surface area contributed by atoms with Crippen LogP contribution in [0.5, 0.6) is 0 Å². The van der Waals surface area contributed by atoms with E-state index >= 15 is 0 Å². The van der Waals surface area contributed by atoms with E-state index < -0.39 is 0 Å². The van der Waals surface area contributed by atoms with Crippen molar-refractivity contribution in [3.8, 4) is 0 Å². The Balaban J connectivity index is 2.07. The first-order valence-corrected chi connectivity index (χ1v) is 7.46. The normalized spacial score (nSPS) is 30.8. The molecule has 1 aromatic rings. The van der Waals surface area contributed by atoms with Gasteiger partial charge in [0, 0.05) is 13.2 Å². The maximum atomic E-state index is 6.52. The Hall–Kier alpha value is -0.860. The standard InChI is InChI=1S/C17H27NO/c1-12-9-10-15(11-13(12)2)16(18)17(19-3)14-7-5-4-6-8-14/h4-8,12-13,15-17H,9-11,18H2,1-3H3. The summed E-state index contributed by atoms with van der Waals surface area (Å²) in [4.78, 5) is 0. The van der Waals surface area contributed by atoms with Gasteiger partial charge in [0.1, 0.15) is 0 Å². The van der Waals surface area contributed by atoms with E-state index in [4.69, 9.17) is 10.5 Å². The van der Waals surface area contributed by atoms with Crippen molar-refractivity contribution in [1.29, 1.82) is 0 Å². The monoisotopic (exact) mass is 261 g/mol. The Bertz CT molecular complexity index is 378. The first-order valence-electron chi connectivity index (χ1n) is 7.46. The lowest BCUT2D eigenvalue weighted by Gasteiger charge is -2.38. The van der Waals surface area contributed by atoms with Crippen LogP contribution in [0.3, 0.4) is 0 Å². The molecule has 2 rings (SSSR count). The van der Waals surface area contributed by atoms with Crippen LogP contribution in [-0.2, 0) is 4.74 Å². The topological polar surface area (TPSA) is 35.2 Å². The fourth-order valence-electron chi connectivity index (χ4n) is 3.34. The van der Waals surface area contributed by atoms with Crippen LogP contribution in [-0.4, -0.2) is 13.2 Å². The largest absolute Gasteiger partial charge is 0.375 e. The predicted molar refractivity (Wildman–Crippen MR) is 79.8 cm³/mol. The van der Waals surface area contributed by atoms with Crippen LogP contribution < -0.4 is 5.73 Å². The van der Waals surface area contributed by atoms with Crippen LogP contribution in [0.1, 0.15) is 44.8 Å². The molecular formula is C17H27NO. The van der Waals surface area contributed by atoms with Crippen molar-refractivity contribution in [3.63, 3.8) is 0 Å². The molecule has 106 valence electrons. The number of hydrogen-bond donors (Lipinski definition) is 1. The minimum absolute atomic E-state index is 0.0202. The van der Waals surface area contributed by atoms with Gasteiger partial charge in [-0.1, -0.05) is 50.6 Å². The summed E-state index contributed by atoms with van der Waals surface area (Å²) in [6.07, 6.45) is 3.78. The molecule has 0 aromatic heterocycles. The Morgan fingerprint density at radius 1 is 1.11 bits per heavy atom. The third-order valence-corrected chi connectivity index (χ3v) is 4.91. The van der Waals surface area contributed by atoms with Gasteiger partial charge in [0.25, 0.3) is 0 Å². The summed E-state index contributed by atoms with van der Waals surface area (Å²) in [6.45, 7) is 4.71. The maximum absolute atomic E-state index is 6.52. The molecule has 0 amide bonds. The van der Waals surface area contributed by atoms with E-state index in [-0.39, 0.29) is 12.1 Å². The molecule has 2 heteroatoms. The van der Waals surface area contributed by atoms with E-state index in [0.717, 1.165) is 11.8 Å². The zero-order valence-corrected chi connectivity index (χ0v) is 12.4. The van der Waals surface area contributed by atoms with Crippen molar-refractivity contribution in [2.45, 2.75) is 45.3 Å². The van der Waals surface area contributed by atoms with Gasteiger partial charge in [0.15, 0.2) is 0 Å². The van der Waals surface area contributed by atoms with Gasteiger partial charge < -0.3 is 10.5 Å². The summed E-state index contributed by atoms with van der Waals surface area (Å²) >= 11 is 0. The van der Waals surface area contributed by atoms with Crippen LogP contribution in [0.15, 0.2) is 30.3 Å². The minimum atomic E-state index is 0.0202. The van der Waals surface area contributed by atoms with Crippen molar-refractivity contribution < 1.29 is 4.74 Å². The molecule has 0 heterocycles. The van der Waals surface area contributed by atoms with Gasteiger partial charge in [-0.2, -0.15) is 0 Å². The summed E-state index contributed by atoms with van der Waals surface area (Å²) in [5, 5.41) is 0. The molecule has 5 atom stereocenters. The zero-order chi connectivity index (χ0) is 13.8. The summed E-state index contributed by atoms with van der Waals surface area (Å²) < 4.78 is 5.69. The molecule has 1 saturated carbocycles. The van der Waals surface area contributed by atoms with Crippen molar-refractivity contribution in [1.82, 2.24) is 0 Å². The van der Waals surface area contributed by atoms with Gasteiger partial charge in [0.05, 0.1) is 6.10 Å².